The Morgan fingerprint density at radius 2 is 2.10 bits per heavy atom. The van der Waals surface area contributed by atoms with Crippen molar-refractivity contribution in [3.05, 3.63) is 63.4 Å². The minimum absolute atomic E-state index is 0.271. The Kier molecular flexibility index (Phi) is 4.39. The highest BCUT2D eigenvalue weighted by Gasteiger charge is 2.10. The van der Waals surface area contributed by atoms with Crippen molar-refractivity contribution in [2.45, 2.75) is 13.5 Å². The third kappa shape index (κ3) is 3.17. The van der Waals surface area contributed by atoms with Gasteiger partial charge < -0.3 is 10.4 Å². The Labute approximate surface area is 124 Å². The molecule has 2 aromatic rings. The second kappa shape index (κ2) is 6.05. The fourth-order valence-electron chi connectivity index (χ4n) is 1.91. The van der Waals surface area contributed by atoms with E-state index in [1.165, 1.54) is 12.1 Å². The first-order chi connectivity index (χ1) is 9.49. The quantitative estimate of drug-likeness (QED) is 0.878. The van der Waals surface area contributed by atoms with Gasteiger partial charge >= 0.3 is 5.97 Å². The predicted octanol–water partition coefficient (Wildman–Crippen LogP) is 4.21. The SMILES string of the molecule is Cc1c(NCc2ccc(F)cc2Br)cccc1C(=O)O. The van der Waals surface area contributed by atoms with Crippen LogP contribution in [0.4, 0.5) is 10.1 Å². The Morgan fingerprint density at radius 1 is 1.35 bits per heavy atom. The fraction of sp³-hybridized carbons (Fsp3) is 0.133. The summed E-state index contributed by atoms with van der Waals surface area (Å²) in [5.74, 6) is -1.25. The molecule has 0 spiro atoms. The minimum atomic E-state index is -0.950. The van der Waals surface area contributed by atoms with Gasteiger partial charge in [0.05, 0.1) is 5.56 Å². The van der Waals surface area contributed by atoms with Gasteiger partial charge in [-0.2, -0.15) is 0 Å². The van der Waals surface area contributed by atoms with E-state index in [9.17, 15) is 9.18 Å². The molecule has 2 N–H and O–H groups in total. The molecule has 0 fully saturated rings. The van der Waals surface area contributed by atoms with Crippen molar-refractivity contribution >= 4 is 27.6 Å². The highest BCUT2D eigenvalue weighted by molar-refractivity contribution is 9.10. The minimum Gasteiger partial charge on any atom is -0.478 e. The molecule has 2 rings (SSSR count). The van der Waals surface area contributed by atoms with Crippen molar-refractivity contribution in [1.82, 2.24) is 0 Å². The summed E-state index contributed by atoms with van der Waals surface area (Å²) in [5.41, 5.74) is 2.60. The molecule has 0 saturated heterocycles. The van der Waals surface area contributed by atoms with Gasteiger partial charge in [-0.05, 0) is 42.3 Å². The van der Waals surface area contributed by atoms with Gasteiger partial charge in [-0.15, -0.1) is 0 Å². The summed E-state index contributed by atoms with van der Waals surface area (Å²) in [5, 5.41) is 12.2. The lowest BCUT2D eigenvalue weighted by Gasteiger charge is -2.12. The zero-order valence-corrected chi connectivity index (χ0v) is 12.4. The molecular formula is C15H13BrFNO2. The lowest BCUT2D eigenvalue weighted by Crippen LogP contribution is -2.06. The molecule has 0 unspecified atom stereocenters. The van der Waals surface area contributed by atoms with E-state index in [4.69, 9.17) is 5.11 Å². The van der Waals surface area contributed by atoms with Crippen LogP contribution in [-0.2, 0) is 6.54 Å². The zero-order chi connectivity index (χ0) is 14.7. The average molecular weight is 338 g/mol. The van der Waals surface area contributed by atoms with Gasteiger partial charge in [-0.3, -0.25) is 0 Å². The molecular weight excluding hydrogens is 325 g/mol. The van der Waals surface area contributed by atoms with Crippen molar-refractivity contribution in [3.63, 3.8) is 0 Å². The van der Waals surface area contributed by atoms with Crippen molar-refractivity contribution in [2.75, 3.05) is 5.32 Å². The smallest absolute Gasteiger partial charge is 0.336 e. The van der Waals surface area contributed by atoms with Crippen LogP contribution in [0, 0.1) is 12.7 Å². The molecule has 0 aliphatic rings. The van der Waals surface area contributed by atoms with Crippen LogP contribution in [0.15, 0.2) is 40.9 Å². The summed E-state index contributed by atoms with van der Waals surface area (Å²) >= 11 is 3.30. The average Bonchev–Trinajstić information content (AvgIpc) is 2.39. The first-order valence-corrected chi connectivity index (χ1v) is 6.79. The van der Waals surface area contributed by atoms with Crippen LogP contribution in [0.3, 0.4) is 0 Å². The van der Waals surface area contributed by atoms with E-state index in [2.05, 4.69) is 21.2 Å². The number of anilines is 1. The molecule has 0 saturated carbocycles. The Balaban J connectivity index is 2.19. The maximum absolute atomic E-state index is 13.0. The molecule has 0 bridgehead atoms. The Bertz CT molecular complexity index is 658. The number of halogens is 2. The van der Waals surface area contributed by atoms with Gasteiger partial charge in [0, 0.05) is 16.7 Å². The fourth-order valence-corrected chi connectivity index (χ4v) is 2.41. The maximum Gasteiger partial charge on any atom is 0.336 e. The Morgan fingerprint density at radius 3 is 2.75 bits per heavy atom. The Hall–Kier alpha value is -1.88. The number of carboxylic acids is 1. The zero-order valence-electron chi connectivity index (χ0n) is 10.8. The number of aromatic carboxylic acids is 1. The second-order valence-electron chi connectivity index (χ2n) is 4.37. The highest BCUT2D eigenvalue weighted by Crippen LogP contribution is 2.22. The molecule has 0 atom stereocenters. The summed E-state index contributed by atoms with van der Waals surface area (Å²) in [6, 6.07) is 9.55. The van der Waals surface area contributed by atoms with Crippen molar-refractivity contribution in [3.8, 4) is 0 Å². The number of rotatable bonds is 4. The van der Waals surface area contributed by atoms with E-state index in [1.54, 1.807) is 25.1 Å². The van der Waals surface area contributed by atoms with Crippen molar-refractivity contribution in [2.24, 2.45) is 0 Å². The van der Waals surface area contributed by atoms with E-state index in [-0.39, 0.29) is 11.4 Å². The lowest BCUT2D eigenvalue weighted by molar-refractivity contribution is 0.0696. The van der Waals surface area contributed by atoms with Crippen LogP contribution >= 0.6 is 15.9 Å². The largest absolute Gasteiger partial charge is 0.478 e. The standard InChI is InChI=1S/C15H13BrFNO2/c1-9-12(15(19)20)3-2-4-14(9)18-8-10-5-6-11(17)7-13(10)16/h2-7,18H,8H2,1H3,(H,19,20). The third-order valence-corrected chi connectivity index (χ3v) is 3.79. The van der Waals surface area contributed by atoms with Gasteiger partial charge in [0.15, 0.2) is 0 Å². The van der Waals surface area contributed by atoms with Crippen LogP contribution in [0.25, 0.3) is 0 Å². The van der Waals surface area contributed by atoms with Crippen LogP contribution < -0.4 is 5.32 Å². The molecule has 0 aliphatic heterocycles. The molecule has 5 heteroatoms. The van der Waals surface area contributed by atoms with Gasteiger partial charge in [-0.25, -0.2) is 9.18 Å². The number of hydrogen-bond donors (Lipinski definition) is 2. The number of hydrogen-bond acceptors (Lipinski definition) is 2. The first-order valence-electron chi connectivity index (χ1n) is 5.99. The van der Waals surface area contributed by atoms with E-state index >= 15 is 0 Å². The molecule has 20 heavy (non-hydrogen) atoms. The van der Waals surface area contributed by atoms with Crippen LogP contribution in [0.2, 0.25) is 0 Å². The van der Waals surface area contributed by atoms with E-state index in [0.717, 1.165) is 11.3 Å². The maximum atomic E-state index is 13.0. The van der Waals surface area contributed by atoms with E-state index in [1.807, 2.05) is 6.07 Å². The first kappa shape index (κ1) is 14.5. The van der Waals surface area contributed by atoms with Crippen LogP contribution in [-0.4, -0.2) is 11.1 Å². The second-order valence-corrected chi connectivity index (χ2v) is 5.23. The van der Waals surface area contributed by atoms with Crippen molar-refractivity contribution in [1.29, 1.82) is 0 Å². The number of carboxylic acid groups (broad SMARTS) is 1. The molecule has 2 aromatic carbocycles. The summed E-state index contributed by atoms with van der Waals surface area (Å²) in [7, 11) is 0. The molecule has 0 aromatic heterocycles. The van der Waals surface area contributed by atoms with Crippen LogP contribution in [0.5, 0.6) is 0 Å². The summed E-state index contributed by atoms with van der Waals surface area (Å²) < 4.78 is 13.7. The highest BCUT2D eigenvalue weighted by atomic mass is 79.9. The molecule has 0 amide bonds. The molecule has 0 heterocycles. The lowest BCUT2D eigenvalue weighted by atomic mass is 10.1. The van der Waals surface area contributed by atoms with E-state index < -0.39 is 5.97 Å². The number of nitrogens with one attached hydrogen (secondary N) is 1. The van der Waals surface area contributed by atoms with Crippen molar-refractivity contribution < 1.29 is 14.3 Å². The normalized spacial score (nSPS) is 10.3. The monoisotopic (exact) mass is 337 g/mol. The number of carbonyl (C=O) groups is 1. The molecule has 0 aliphatic carbocycles. The number of benzene rings is 2. The summed E-state index contributed by atoms with van der Waals surface area (Å²) in [4.78, 5) is 11.1. The molecule has 3 nitrogen and oxygen atoms in total. The molecule has 104 valence electrons. The molecule has 0 radical (unpaired) electrons. The topological polar surface area (TPSA) is 49.3 Å². The van der Waals surface area contributed by atoms with Gasteiger partial charge in [-0.1, -0.05) is 28.1 Å². The predicted molar refractivity (Wildman–Crippen MR) is 79.6 cm³/mol. The summed E-state index contributed by atoms with van der Waals surface area (Å²) in [6.45, 7) is 2.23. The van der Waals surface area contributed by atoms with Gasteiger partial charge in [0.2, 0.25) is 0 Å². The van der Waals surface area contributed by atoms with Crippen LogP contribution in [0.1, 0.15) is 21.5 Å². The third-order valence-electron chi connectivity index (χ3n) is 3.05. The van der Waals surface area contributed by atoms with E-state index in [0.29, 0.717) is 16.6 Å². The van der Waals surface area contributed by atoms with Gasteiger partial charge in [0.25, 0.3) is 0 Å². The summed E-state index contributed by atoms with van der Waals surface area (Å²) in [6.07, 6.45) is 0. The van der Waals surface area contributed by atoms with Gasteiger partial charge in [0.1, 0.15) is 5.82 Å².